The molecule has 0 spiro atoms. The number of unbranched alkanes of at least 4 members (excludes halogenated alkanes) is 11. The Morgan fingerprint density at radius 2 is 1.58 bits per heavy atom. The zero-order valence-electron chi connectivity index (χ0n) is 30.5. The molecular weight excluding hydrogens is 694 g/mol. The number of halogens is 1. The molecule has 4 aromatic rings. The zero-order valence-corrected chi connectivity index (χ0v) is 32.1. The predicted molar refractivity (Wildman–Crippen MR) is 211 cm³/mol. The second kappa shape index (κ2) is 22.0. The lowest BCUT2D eigenvalue weighted by molar-refractivity contribution is -0.777. The molecule has 3 aromatic carbocycles. The number of aromatic nitrogens is 1. The second-order valence-electron chi connectivity index (χ2n) is 13.4. The highest BCUT2D eigenvalue weighted by Gasteiger charge is 2.27. The van der Waals surface area contributed by atoms with Gasteiger partial charge in [0.1, 0.15) is 0 Å². The van der Waals surface area contributed by atoms with E-state index in [0.29, 0.717) is 17.3 Å². The van der Waals surface area contributed by atoms with Crippen LogP contribution in [0.5, 0.6) is 5.75 Å². The van der Waals surface area contributed by atoms with Gasteiger partial charge in [-0.1, -0.05) is 119 Å². The summed E-state index contributed by atoms with van der Waals surface area (Å²) in [5, 5.41) is 14.5. The third-order valence-corrected chi connectivity index (χ3v) is 10.4. The van der Waals surface area contributed by atoms with E-state index in [1.807, 2.05) is 42.5 Å². The van der Waals surface area contributed by atoms with E-state index in [9.17, 15) is 5.26 Å². The number of nitrogens with zero attached hydrogens (tertiary/aromatic N) is 2. The third kappa shape index (κ3) is 11.9. The molecule has 0 fully saturated rings. The van der Waals surface area contributed by atoms with Crippen molar-refractivity contribution in [2.75, 3.05) is 23.7 Å². The fraction of sp³-hybridized carbons (Fsp3) is 0.452. The molecule has 52 heavy (non-hydrogen) atoms. The van der Waals surface area contributed by atoms with Crippen molar-refractivity contribution in [3.8, 4) is 16.9 Å². The molecule has 1 aliphatic heterocycles. The normalized spacial score (nSPS) is 13.7. The second-order valence-corrected chi connectivity index (χ2v) is 14.6. The molecule has 0 saturated carbocycles. The Hall–Kier alpha value is -3.31. The minimum absolute atomic E-state index is 0.591. The fourth-order valence-electron chi connectivity index (χ4n) is 6.74. The molecule has 2 heterocycles. The highest BCUT2D eigenvalue weighted by molar-refractivity contribution is 7.94. The van der Waals surface area contributed by atoms with Crippen molar-refractivity contribution in [3.63, 3.8) is 0 Å². The molecule has 0 radical (unpaired) electrons. The number of fused-ring (bicyclic) bond motifs is 2. The van der Waals surface area contributed by atoms with Crippen LogP contribution < -0.4 is 25.2 Å². The maximum absolute atomic E-state index is 10.3. The van der Waals surface area contributed by atoms with E-state index in [1.165, 1.54) is 64.2 Å². The minimum atomic E-state index is 0.591. The monoisotopic (exact) mass is 747 g/mol. The van der Waals surface area contributed by atoms with Crippen molar-refractivity contribution in [3.05, 3.63) is 95.2 Å². The van der Waals surface area contributed by atoms with Crippen LogP contribution in [0.25, 0.3) is 28.3 Å². The average Bonchev–Trinajstić information content (AvgIpc) is 3.68. The van der Waals surface area contributed by atoms with E-state index in [1.54, 1.807) is 0 Å². The van der Waals surface area contributed by atoms with Crippen molar-refractivity contribution in [2.45, 2.75) is 103 Å². The first-order chi connectivity index (χ1) is 25.6. The Morgan fingerprint density at radius 3 is 2.27 bits per heavy atom. The van der Waals surface area contributed by atoms with Gasteiger partial charge in [0, 0.05) is 47.9 Å². The average molecular weight is 748 g/mol. The van der Waals surface area contributed by atoms with E-state index in [4.69, 9.17) is 26.5 Å². The van der Waals surface area contributed by atoms with Crippen LogP contribution >= 0.6 is 23.6 Å². The highest BCUT2D eigenvalue weighted by Crippen LogP contribution is 2.41. The Labute approximate surface area is 318 Å². The summed E-state index contributed by atoms with van der Waals surface area (Å²) >= 11 is 7.47. The Morgan fingerprint density at radius 1 is 0.865 bits per heavy atom. The molecule has 1 aliphatic rings. The summed E-state index contributed by atoms with van der Waals surface area (Å²) in [7, 11) is 0. The molecule has 10 heteroatoms. The van der Waals surface area contributed by atoms with Gasteiger partial charge in [-0.15, -0.1) is 0 Å². The first kappa shape index (κ1) is 39.9. The lowest BCUT2D eigenvalue weighted by Crippen LogP contribution is -2.35. The van der Waals surface area contributed by atoms with Crippen molar-refractivity contribution < 1.29 is 28.4 Å². The molecule has 0 aliphatic carbocycles. The van der Waals surface area contributed by atoms with Gasteiger partial charge >= 0.3 is 5.89 Å². The topological polar surface area (TPSA) is 97.0 Å². The maximum atomic E-state index is 10.3. The summed E-state index contributed by atoms with van der Waals surface area (Å²) < 4.78 is 19.6. The van der Waals surface area contributed by atoms with Crippen LogP contribution in [0.1, 0.15) is 103 Å². The standard InChI is InChI=1S/C42H54ClN3O5S/c1-2-33(30-42-46(27-18-28-52-51-50-47)37-31-35(21-23-39(37)48-42)34-19-14-13-15-20-34)29-41-45(38-32-36(43)22-24-40(38)49-41)26-17-12-10-8-6-4-3-5-7-9-11-16-25-44/h13-15,19-24,29-32H,2-12,16-18,25-28,44H2,1H3. The van der Waals surface area contributed by atoms with Gasteiger partial charge in [0.05, 0.1) is 11.8 Å². The van der Waals surface area contributed by atoms with Gasteiger partial charge in [0.15, 0.2) is 12.3 Å². The SMILES string of the molecule is CCC(=Cc1oc2ccc(-c3ccccc3)cc2[n+]1CCCSOO[O-])C=C1Oc2ccc(Cl)cc2N1CCCCCCCCCCCCCCN. The number of allylic oxidation sites excluding steroid dienone is 2. The molecule has 0 atom stereocenters. The summed E-state index contributed by atoms with van der Waals surface area (Å²) in [6, 6.07) is 22.5. The molecule has 280 valence electrons. The van der Waals surface area contributed by atoms with E-state index in [0.717, 1.165) is 102 Å². The van der Waals surface area contributed by atoms with Crippen LogP contribution in [0.15, 0.2) is 88.7 Å². The largest absolute Gasteiger partial charge is 0.691 e. The van der Waals surface area contributed by atoms with Gasteiger partial charge in [-0.25, -0.2) is 0 Å². The Bertz CT molecular complexity index is 1730. The number of hydrogen-bond donors (Lipinski definition) is 1. The van der Waals surface area contributed by atoms with Gasteiger partial charge in [-0.05, 0) is 66.8 Å². The summed E-state index contributed by atoms with van der Waals surface area (Å²) in [6.07, 6.45) is 21.0. The minimum Gasteiger partial charge on any atom is -0.691 e. The summed E-state index contributed by atoms with van der Waals surface area (Å²) in [4.78, 5) is 2.27. The number of hydrogen-bond acceptors (Lipinski definition) is 8. The Balaban J connectivity index is 1.28. The van der Waals surface area contributed by atoms with Gasteiger partial charge in [-0.2, -0.15) is 8.90 Å². The smallest absolute Gasteiger partial charge is 0.374 e. The number of benzene rings is 3. The van der Waals surface area contributed by atoms with Gasteiger partial charge < -0.3 is 25.0 Å². The molecule has 0 bridgehead atoms. The van der Waals surface area contributed by atoms with Gasteiger partial charge in [0.25, 0.3) is 5.52 Å². The first-order valence-electron chi connectivity index (χ1n) is 19.1. The molecule has 0 unspecified atom stereocenters. The summed E-state index contributed by atoms with van der Waals surface area (Å²) in [5.74, 6) is 2.96. The number of oxazole rings is 1. The number of rotatable bonds is 24. The molecule has 8 nitrogen and oxygen atoms in total. The molecule has 1 aromatic heterocycles. The van der Waals surface area contributed by atoms with E-state index < -0.39 is 0 Å². The van der Waals surface area contributed by atoms with Crippen LogP contribution in [-0.4, -0.2) is 18.8 Å². The molecule has 5 rings (SSSR count). The van der Waals surface area contributed by atoms with E-state index in [-0.39, 0.29) is 0 Å². The van der Waals surface area contributed by atoms with Crippen LogP contribution in [0.3, 0.4) is 0 Å². The lowest BCUT2D eigenvalue weighted by atomic mass is 10.0. The number of aryl methyl sites for hydroxylation is 1. The Kier molecular flexibility index (Phi) is 16.9. The number of ether oxygens (including phenoxy) is 1. The van der Waals surface area contributed by atoms with Crippen LogP contribution in [0.2, 0.25) is 5.02 Å². The quantitative estimate of drug-likeness (QED) is 0.0249. The molecular formula is C42H54ClN3O5S. The maximum Gasteiger partial charge on any atom is 0.374 e. The molecule has 2 N–H and O–H groups in total. The zero-order chi connectivity index (χ0) is 36.4. The third-order valence-electron chi connectivity index (χ3n) is 9.58. The first-order valence-corrected chi connectivity index (χ1v) is 20.4. The van der Waals surface area contributed by atoms with Crippen molar-refractivity contribution in [2.24, 2.45) is 5.73 Å². The van der Waals surface area contributed by atoms with Crippen LogP contribution in [-0.2, 0) is 15.9 Å². The van der Waals surface area contributed by atoms with Crippen molar-refractivity contribution in [1.29, 1.82) is 0 Å². The number of nitrogens with two attached hydrogens (primary N) is 1. The lowest BCUT2D eigenvalue weighted by Gasteiger charge is -2.19. The fourth-order valence-corrected chi connectivity index (χ4v) is 7.26. The predicted octanol–water partition coefficient (Wildman–Crippen LogP) is 10.5. The van der Waals surface area contributed by atoms with Crippen molar-refractivity contribution >= 4 is 46.5 Å². The molecule has 0 saturated heterocycles. The summed E-state index contributed by atoms with van der Waals surface area (Å²) in [5.41, 5.74) is 11.7. The van der Waals surface area contributed by atoms with E-state index in [2.05, 4.69) is 62.2 Å². The highest BCUT2D eigenvalue weighted by atomic mass is 35.5. The van der Waals surface area contributed by atoms with Crippen molar-refractivity contribution in [1.82, 2.24) is 0 Å². The number of anilines is 1. The van der Waals surface area contributed by atoms with Gasteiger partial charge in [0.2, 0.25) is 11.5 Å². The van der Waals surface area contributed by atoms with Crippen LogP contribution in [0.4, 0.5) is 5.69 Å². The molecule has 0 amide bonds. The summed E-state index contributed by atoms with van der Waals surface area (Å²) in [6.45, 7) is 4.49. The van der Waals surface area contributed by atoms with Crippen LogP contribution in [0, 0.1) is 0 Å². The van der Waals surface area contributed by atoms with Gasteiger partial charge in [-0.3, -0.25) is 5.04 Å². The van der Waals surface area contributed by atoms with E-state index >= 15 is 0 Å².